The fraction of sp³-hybridized carbons (Fsp3) is 0.105. The molecule has 0 aliphatic carbocycles. The molecule has 0 atom stereocenters. The van der Waals surface area contributed by atoms with E-state index in [1.807, 2.05) is 12.1 Å². The number of nitrogens with one attached hydrogen (secondary N) is 1. The Morgan fingerprint density at radius 3 is 2.71 bits per heavy atom. The van der Waals surface area contributed by atoms with E-state index in [4.69, 9.17) is 4.74 Å². The van der Waals surface area contributed by atoms with Crippen LogP contribution in [-0.4, -0.2) is 31.6 Å². The molecule has 0 spiro atoms. The number of halogens is 1. The van der Waals surface area contributed by atoms with Crippen molar-refractivity contribution in [3.05, 3.63) is 63.9 Å². The number of aromatic nitrogens is 5. The van der Waals surface area contributed by atoms with Gasteiger partial charge in [-0.1, -0.05) is 0 Å². The summed E-state index contributed by atoms with van der Waals surface area (Å²) < 4.78 is 7.94. The second kappa shape index (κ2) is 7.35. The molecule has 4 aromatic heterocycles. The maximum Gasteiger partial charge on any atom is 0.264 e. The highest BCUT2D eigenvalue weighted by Gasteiger charge is 2.11. The Labute approximate surface area is 168 Å². The Morgan fingerprint density at radius 2 is 1.93 bits per heavy atom. The first-order chi connectivity index (χ1) is 13.5. The first-order valence-electron chi connectivity index (χ1n) is 8.35. The monoisotopic (exact) mass is 438 g/mol. The zero-order valence-corrected chi connectivity index (χ0v) is 16.6. The zero-order chi connectivity index (χ0) is 19.7. The molecule has 0 aliphatic heterocycles. The summed E-state index contributed by atoms with van der Waals surface area (Å²) in [6, 6.07) is 8.99. The highest BCUT2D eigenvalue weighted by Crippen LogP contribution is 2.26. The predicted octanol–water partition coefficient (Wildman–Crippen LogP) is 3.38. The van der Waals surface area contributed by atoms with Gasteiger partial charge in [0.15, 0.2) is 5.65 Å². The smallest absolute Gasteiger partial charge is 0.264 e. The van der Waals surface area contributed by atoms with Gasteiger partial charge in [0, 0.05) is 37.9 Å². The van der Waals surface area contributed by atoms with E-state index in [-0.39, 0.29) is 5.56 Å². The lowest BCUT2D eigenvalue weighted by Crippen LogP contribution is -2.22. The molecular formula is C19H15BrN6O2. The normalized spacial score (nSPS) is 10.8. The summed E-state index contributed by atoms with van der Waals surface area (Å²) in [7, 11) is 3.37. The SMILES string of the molecule is CNc1ncc(-c2ccc3cc(Oc4ccnc(Br)c4)cnc3n2)c(=O)n1C. The summed E-state index contributed by atoms with van der Waals surface area (Å²) in [4.78, 5) is 29.8. The molecule has 1 N–H and O–H groups in total. The number of nitrogens with zero attached hydrogens (tertiary/aromatic N) is 5. The van der Waals surface area contributed by atoms with Gasteiger partial charge in [0.1, 0.15) is 16.1 Å². The van der Waals surface area contributed by atoms with Gasteiger partial charge in [-0.3, -0.25) is 9.36 Å². The number of rotatable bonds is 4. The quantitative estimate of drug-likeness (QED) is 0.487. The molecule has 0 radical (unpaired) electrons. The molecule has 9 heteroatoms. The van der Waals surface area contributed by atoms with Gasteiger partial charge < -0.3 is 10.1 Å². The molecule has 8 nitrogen and oxygen atoms in total. The van der Waals surface area contributed by atoms with Gasteiger partial charge >= 0.3 is 0 Å². The van der Waals surface area contributed by atoms with Crippen LogP contribution in [0.3, 0.4) is 0 Å². The van der Waals surface area contributed by atoms with E-state index < -0.39 is 0 Å². The number of pyridine rings is 3. The van der Waals surface area contributed by atoms with Crippen molar-refractivity contribution in [2.75, 3.05) is 12.4 Å². The van der Waals surface area contributed by atoms with Crippen LogP contribution in [0.5, 0.6) is 11.5 Å². The van der Waals surface area contributed by atoms with E-state index in [2.05, 4.69) is 41.2 Å². The number of anilines is 1. The highest BCUT2D eigenvalue weighted by atomic mass is 79.9. The molecule has 4 heterocycles. The standard InChI is InChI=1S/C19H15BrN6O2/c1-21-19-24-10-14(18(27)26(19)2)15-4-3-11-7-13(9-23-17(11)25-15)28-12-5-6-22-16(20)8-12/h3-10H,1-2H3,(H,21,24). The van der Waals surface area contributed by atoms with Crippen molar-refractivity contribution in [2.45, 2.75) is 0 Å². The van der Waals surface area contributed by atoms with E-state index in [1.54, 1.807) is 44.7 Å². The minimum atomic E-state index is -0.186. The third-order valence-electron chi connectivity index (χ3n) is 4.12. The average molecular weight is 439 g/mol. The summed E-state index contributed by atoms with van der Waals surface area (Å²) >= 11 is 3.31. The van der Waals surface area contributed by atoms with Crippen molar-refractivity contribution in [1.29, 1.82) is 0 Å². The van der Waals surface area contributed by atoms with Crippen molar-refractivity contribution in [3.8, 4) is 22.8 Å². The second-order valence-electron chi connectivity index (χ2n) is 5.94. The lowest BCUT2D eigenvalue weighted by molar-refractivity contribution is 0.480. The number of hydrogen-bond acceptors (Lipinski definition) is 7. The van der Waals surface area contributed by atoms with Crippen molar-refractivity contribution in [1.82, 2.24) is 24.5 Å². The van der Waals surface area contributed by atoms with Gasteiger partial charge in [-0.25, -0.2) is 19.9 Å². The molecular weight excluding hydrogens is 424 g/mol. The summed E-state index contributed by atoms with van der Waals surface area (Å²) in [5.74, 6) is 1.71. The van der Waals surface area contributed by atoms with Crippen LogP contribution < -0.4 is 15.6 Å². The van der Waals surface area contributed by atoms with E-state index in [1.165, 1.54) is 10.8 Å². The Kier molecular flexibility index (Phi) is 4.74. The van der Waals surface area contributed by atoms with Crippen LogP contribution in [0.25, 0.3) is 22.3 Å². The minimum Gasteiger partial charge on any atom is -0.456 e. The molecule has 140 valence electrons. The third kappa shape index (κ3) is 3.44. The summed E-state index contributed by atoms with van der Waals surface area (Å²) in [6.45, 7) is 0. The Bertz CT molecular complexity index is 1240. The number of fused-ring (bicyclic) bond motifs is 1. The van der Waals surface area contributed by atoms with E-state index in [9.17, 15) is 4.79 Å². The van der Waals surface area contributed by atoms with E-state index >= 15 is 0 Å². The molecule has 4 rings (SSSR count). The Hall–Kier alpha value is -3.33. The van der Waals surface area contributed by atoms with Crippen LogP contribution in [0.2, 0.25) is 0 Å². The maximum absolute atomic E-state index is 12.6. The summed E-state index contributed by atoms with van der Waals surface area (Å²) in [6.07, 6.45) is 4.75. The number of hydrogen-bond donors (Lipinski definition) is 1. The first-order valence-corrected chi connectivity index (χ1v) is 9.15. The summed E-state index contributed by atoms with van der Waals surface area (Å²) in [5.41, 5.74) is 1.25. The van der Waals surface area contributed by atoms with Crippen LogP contribution >= 0.6 is 15.9 Å². The molecule has 0 saturated carbocycles. The van der Waals surface area contributed by atoms with Crippen molar-refractivity contribution in [3.63, 3.8) is 0 Å². The number of ether oxygens (including phenoxy) is 1. The van der Waals surface area contributed by atoms with Crippen LogP contribution in [0.4, 0.5) is 5.95 Å². The molecule has 28 heavy (non-hydrogen) atoms. The molecule has 0 fully saturated rings. The lowest BCUT2D eigenvalue weighted by atomic mass is 10.2. The van der Waals surface area contributed by atoms with Crippen LogP contribution in [-0.2, 0) is 7.05 Å². The molecule has 0 aromatic carbocycles. The Morgan fingerprint density at radius 1 is 1.07 bits per heavy atom. The predicted molar refractivity (Wildman–Crippen MR) is 110 cm³/mol. The van der Waals surface area contributed by atoms with E-state index in [0.717, 1.165) is 5.39 Å². The van der Waals surface area contributed by atoms with Crippen molar-refractivity contribution in [2.24, 2.45) is 7.05 Å². The fourth-order valence-electron chi connectivity index (χ4n) is 2.73. The molecule has 0 unspecified atom stereocenters. The first kappa shape index (κ1) is 18.1. The molecule has 0 saturated heterocycles. The third-order valence-corrected chi connectivity index (χ3v) is 4.55. The second-order valence-corrected chi connectivity index (χ2v) is 6.75. The van der Waals surface area contributed by atoms with Gasteiger partial charge in [-0.05, 0) is 40.2 Å². The molecule has 4 aromatic rings. The van der Waals surface area contributed by atoms with Gasteiger partial charge in [-0.15, -0.1) is 0 Å². The van der Waals surface area contributed by atoms with E-state index in [0.29, 0.717) is 39.0 Å². The lowest BCUT2D eigenvalue weighted by Gasteiger charge is -2.09. The highest BCUT2D eigenvalue weighted by molar-refractivity contribution is 9.10. The molecule has 0 amide bonds. The van der Waals surface area contributed by atoms with Crippen LogP contribution in [0.1, 0.15) is 0 Å². The van der Waals surface area contributed by atoms with Crippen molar-refractivity contribution >= 4 is 32.9 Å². The van der Waals surface area contributed by atoms with Crippen LogP contribution in [0.15, 0.2) is 58.3 Å². The topological polar surface area (TPSA) is 94.8 Å². The van der Waals surface area contributed by atoms with Gasteiger partial charge in [0.25, 0.3) is 5.56 Å². The van der Waals surface area contributed by atoms with Gasteiger partial charge in [-0.2, -0.15) is 0 Å². The molecule has 0 aliphatic rings. The molecule has 0 bridgehead atoms. The summed E-state index contributed by atoms with van der Waals surface area (Å²) in [5, 5.41) is 3.67. The minimum absolute atomic E-state index is 0.186. The average Bonchev–Trinajstić information content (AvgIpc) is 2.70. The maximum atomic E-state index is 12.6. The van der Waals surface area contributed by atoms with Gasteiger partial charge in [0.2, 0.25) is 5.95 Å². The van der Waals surface area contributed by atoms with Crippen LogP contribution in [0, 0.1) is 0 Å². The zero-order valence-electron chi connectivity index (χ0n) is 15.0. The van der Waals surface area contributed by atoms with Gasteiger partial charge in [0.05, 0.1) is 17.5 Å². The Balaban J connectivity index is 1.69. The fourth-order valence-corrected chi connectivity index (χ4v) is 3.08. The largest absolute Gasteiger partial charge is 0.456 e. The van der Waals surface area contributed by atoms with Crippen molar-refractivity contribution < 1.29 is 4.74 Å².